The largest absolute Gasteiger partial charge is 0.481 e. The Labute approximate surface area is 115 Å². The van der Waals surface area contributed by atoms with Crippen molar-refractivity contribution in [1.82, 2.24) is 10.2 Å². The van der Waals surface area contributed by atoms with E-state index in [0.29, 0.717) is 24.8 Å². The highest BCUT2D eigenvalue weighted by Gasteiger charge is 2.27. The fourth-order valence-corrected chi connectivity index (χ4v) is 2.36. The lowest BCUT2D eigenvalue weighted by atomic mass is 10.0. The number of carboxylic acids is 1. The molecule has 1 aliphatic rings. The predicted octanol–water partition coefficient (Wildman–Crippen LogP) is 2.32. The van der Waals surface area contributed by atoms with Gasteiger partial charge >= 0.3 is 12.0 Å². The van der Waals surface area contributed by atoms with Gasteiger partial charge in [-0.25, -0.2) is 4.79 Å². The van der Waals surface area contributed by atoms with Crippen molar-refractivity contribution in [3.8, 4) is 0 Å². The van der Waals surface area contributed by atoms with E-state index in [1.54, 1.807) is 0 Å². The summed E-state index contributed by atoms with van der Waals surface area (Å²) in [5, 5.41) is 11.7. The highest BCUT2D eigenvalue weighted by Crippen LogP contribution is 2.21. The zero-order valence-corrected chi connectivity index (χ0v) is 12.2. The average Bonchev–Trinajstić information content (AvgIpc) is 2.84. The Morgan fingerprint density at radius 1 is 1.42 bits per heavy atom. The maximum atomic E-state index is 12.1. The Kier molecular flexibility index (Phi) is 6.12. The van der Waals surface area contributed by atoms with Crippen LogP contribution in [0.2, 0.25) is 0 Å². The Hall–Kier alpha value is -1.26. The molecule has 0 aromatic rings. The van der Waals surface area contributed by atoms with Crippen LogP contribution in [-0.2, 0) is 4.79 Å². The van der Waals surface area contributed by atoms with Crippen molar-refractivity contribution in [2.45, 2.75) is 52.5 Å². The highest BCUT2D eigenvalue weighted by molar-refractivity contribution is 5.74. The van der Waals surface area contributed by atoms with Crippen LogP contribution in [0.4, 0.5) is 4.79 Å². The molecular formula is C14H26N2O3. The number of rotatable bonds is 6. The molecule has 0 aliphatic carbocycles. The Morgan fingerprint density at radius 3 is 2.68 bits per heavy atom. The maximum absolute atomic E-state index is 12.1. The normalized spacial score (nSPS) is 22.1. The second kappa shape index (κ2) is 7.36. The first-order chi connectivity index (χ1) is 8.93. The molecule has 0 aromatic carbocycles. The summed E-state index contributed by atoms with van der Waals surface area (Å²) >= 11 is 0. The number of urea groups is 1. The van der Waals surface area contributed by atoms with Crippen molar-refractivity contribution >= 4 is 12.0 Å². The SMILES string of the molecule is CCC(C)C(C)NC(=O)N1CCC(CCC(=O)O)C1. The van der Waals surface area contributed by atoms with Crippen LogP contribution in [0.25, 0.3) is 0 Å². The lowest BCUT2D eigenvalue weighted by molar-refractivity contribution is -0.137. The lowest BCUT2D eigenvalue weighted by Gasteiger charge is -2.24. The first kappa shape index (κ1) is 15.8. The monoisotopic (exact) mass is 270 g/mol. The van der Waals surface area contributed by atoms with Crippen LogP contribution in [-0.4, -0.2) is 41.1 Å². The zero-order valence-electron chi connectivity index (χ0n) is 12.2. The molecule has 2 N–H and O–H groups in total. The molecule has 110 valence electrons. The molecule has 0 aromatic heterocycles. The third-order valence-corrected chi connectivity index (χ3v) is 4.19. The van der Waals surface area contributed by atoms with Gasteiger partial charge in [0.2, 0.25) is 0 Å². The topological polar surface area (TPSA) is 69.6 Å². The first-order valence-corrected chi connectivity index (χ1v) is 7.21. The summed E-state index contributed by atoms with van der Waals surface area (Å²) < 4.78 is 0. The van der Waals surface area contributed by atoms with Crippen molar-refractivity contribution in [3.63, 3.8) is 0 Å². The minimum absolute atomic E-state index is 0.00868. The van der Waals surface area contributed by atoms with Crippen molar-refractivity contribution in [3.05, 3.63) is 0 Å². The zero-order chi connectivity index (χ0) is 14.4. The number of amides is 2. The number of nitrogens with one attached hydrogen (secondary N) is 1. The molecule has 1 rings (SSSR count). The molecule has 1 heterocycles. The lowest BCUT2D eigenvalue weighted by Crippen LogP contribution is -2.45. The van der Waals surface area contributed by atoms with Gasteiger partial charge in [-0.1, -0.05) is 20.3 Å². The summed E-state index contributed by atoms with van der Waals surface area (Å²) in [6.07, 6.45) is 2.82. The van der Waals surface area contributed by atoms with Crippen molar-refractivity contribution in [1.29, 1.82) is 0 Å². The summed E-state index contributed by atoms with van der Waals surface area (Å²) in [6, 6.07) is 0.168. The molecule has 2 amide bonds. The van der Waals surface area contributed by atoms with E-state index in [9.17, 15) is 9.59 Å². The van der Waals surface area contributed by atoms with Gasteiger partial charge in [0.25, 0.3) is 0 Å². The second-order valence-corrected chi connectivity index (χ2v) is 5.66. The van der Waals surface area contributed by atoms with Gasteiger partial charge < -0.3 is 15.3 Å². The fourth-order valence-electron chi connectivity index (χ4n) is 2.36. The number of likely N-dealkylation sites (tertiary alicyclic amines) is 1. The summed E-state index contributed by atoms with van der Waals surface area (Å²) in [5.74, 6) is 0.0448. The third kappa shape index (κ3) is 5.09. The molecule has 19 heavy (non-hydrogen) atoms. The predicted molar refractivity (Wildman–Crippen MR) is 74.0 cm³/mol. The van der Waals surface area contributed by atoms with Crippen LogP contribution in [0.5, 0.6) is 0 Å². The standard InChI is InChI=1S/C14H26N2O3/c1-4-10(2)11(3)15-14(19)16-8-7-12(9-16)5-6-13(17)18/h10-12H,4-9H2,1-3H3,(H,15,19)(H,17,18). The van der Waals surface area contributed by atoms with Gasteiger partial charge in [0.05, 0.1) is 0 Å². The van der Waals surface area contributed by atoms with E-state index in [1.165, 1.54) is 0 Å². The van der Waals surface area contributed by atoms with Crippen LogP contribution in [0.1, 0.15) is 46.5 Å². The van der Waals surface area contributed by atoms with Crippen LogP contribution in [0.3, 0.4) is 0 Å². The molecule has 5 heteroatoms. The van der Waals surface area contributed by atoms with E-state index < -0.39 is 5.97 Å². The summed E-state index contributed by atoms with van der Waals surface area (Å²) in [5.41, 5.74) is 0. The molecule has 1 saturated heterocycles. The summed E-state index contributed by atoms with van der Waals surface area (Å²) in [4.78, 5) is 24.4. The molecule has 0 bridgehead atoms. The number of carboxylic acid groups (broad SMARTS) is 1. The minimum atomic E-state index is -0.756. The van der Waals surface area contributed by atoms with Gasteiger partial charge in [0, 0.05) is 25.6 Å². The quantitative estimate of drug-likeness (QED) is 0.778. The van der Waals surface area contributed by atoms with Crippen LogP contribution in [0, 0.1) is 11.8 Å². The van der Waals surface area contributed by atoms with E-state index in [0.717, 1.165) is 19.4 Å². The van der Waals surface area contributed by atoms with Crippen molar-refractivity contribution in [2.75, 3.05) is 13.1 Å². The van der Waals surface area contributed by atoms with Gasteiger partial charge in [0.1, 0.15) is 0 Å². The van der Waals surface area contributed by atoms with E-state index in [2.05, 4.69) is 19.2 Å². The molecule has 0 radical (unpaired) electrons. The minimum Gasteiger partial charge on any atom is -0.481 e. The molecule has 5 nitrogen and oxygen atoms in total. The van der Waals surface area contributed by atoms with E-state index in [4.69, 9.17) is 5.11 Å². The smallest absolute Gasteiger partial charge is 0.317 e. The van der Waals surface area contributed by atoms with Gasteiger partial charge in [0.15, 0.2) is 0 Å². The summed E-state index contributed by atoms with van der Waals surface area (Å²) in [7, 11) is 0. The number of hydrogen-bond donors (Lipinski definition) is 2. The van der Waals surface area contributed by atoms with Crippen LogP contribution >= 0.6 is 0 Å². The number of carbonyl (C=O) groups excluding carboxylic acids is 1. The number of aliphatic carboxylic acids is 1. The van der Waals surface area contributed by atoms with Gasteiger partial charge in [-0.2, -0.15) is 0 Å². The maximum Gasteiger partial charge on any atom is 0.317 e. The second-order valence-electron chi connectivity index (χ2n) is 5.66. The summed E-state index contributed by atoms with van der Waals surface area (Å²) in [6.45, 7) is 7.70. The molecule has 0 spiro atoms. The number of hydrogen-bond acceptors (Lipinski definition) is 2. The molecule has 3 unspecified atom stereocenters. The number of nitrogens with zero attached hydrogens (tertiary/aromatic N) is 1. The van der Waals surface area contributed by atoms with E-state index in [1.807, 2.05) is 11.8 Å². The molecule has 1 fully saturated rings. The molecule has 3 atom stereocenters. The Balaban J connectivity index is 2.33. The van der Waals surface area contributed by atoms with Gasteiger partial charge in [-0.05, 0) is 31.6 Å². The third-order valence-electron chi connectivity index (χ3n) is 4.19. The fraction of sp³-hybridized carbons (Fsp3) is 0.857. The molecule has 0 saturated carbocycles. The highest BCUT2D eigenvalue weighted by atomic mass is 16.4. The molecular weight excluding hydrogens is 244 g/mol. The Morgan fingerprint density at radius 2 is 2.11 bits per heavy atom. The van der Waals surface area contributed by atoms with Crippen LogP contribution in [0.15, 0.2) is 0 Å². The van der Waals surface area contributed by atoms with Gasteiger partial charge in [-0.15, -0.1) is 0 Å². The van der Waals surface area contributed by atoms with E-state index in [-0.39, 0.29) is 18.5 Å². The first-order valence-electron chi connectivity index (χ1n) is 7.21. The van der Waals surface area contributed by atoms with E-state index >= 15 is 0 Å². The number of carbonyl (C=O) groups is 2. The van der Waals surface area contributed by atoms with Crippen LogP contribution < -0.4 is 5.32 Å². The van der Waals surface area contributed by atoms with Crippen molar-refractivity contribution in [2.24, 2.45) is 11.8 Å². The average molecular weight is 270 g/mol. The Bertz CT molecular complexity index is 320. The molecule has 1 aliphatic heterocycles. The van der Waals surface area contributed by atoms with Gasteiger partial charge in [-0.3, -0.25) is 4.79 Å². The van der Waals surface area contributed by atoms with Crippen molar-refractivity contribution < 1.29 is 14.7 Å².